The fourth-order valence-corrected chi connectivity index (χ4v) is 2.68. The Morgan fingerprint density at radius 2 is 2.06 bits per heavy atom. The number of hydrogen-bond acceptors (Lipinski definition) is 3. The number of thiophene rings is 1. The SMILES string of the molecule is CCC(C)N(C)CCNC(C)c1ccc(C)s1. The minimum atomic E-state index is 0.471. The van der Waals surface area contributed by atoms with Gasteiger partial charge in [0.2, 0.25) is 0 Å². The minimum absolute atomic E-state index is 0.471. The standard InChI is InChI=1S/C14H26N2S/c1-6-11(2)16(5)10-9-15-13(4)14-8-7-12(3)17-14/h7-8,11,13,15H,6,9-10H2,1-5H3. The fraction of sp³-hybridized carbons (Fsp3) is 0.714. The lowest BCUT2D eigenvalue weighted by molar-refractivity contribution is 0.249. The summed E-state index contributed by atoms with van der Waals surface area (Å²) in [6.45, 7) is 11.1. The van der Waals surface area contributed by atoms with Crippen molar-refractivity contribution < 1.29 is 0 Å². The summed E-state index contributed by atoms with van der Waals surface area (Å²) in [6, 6.07) is 5.58. The van der Waals surface area contributed by atoms with Crippen molar-refractivity contribution in [1.82, 2.24) is 10.2 Å². The fourth-order valence-electron chi connectivity index (χ4n) is 1.78. The van der Waals surface area contributed by atoms with E-state index in [2.05, 4.69) is 57.1 Å². The van der Waals surface area contributed by atoms with Crippen LogP contribution in [0.3, 0.4) is 0 Å². The van der Waals surface area contributed by atoms with Gasteiger partial charge >= 0.3 is 0 Å². The molecule has 1 rings (SSSR count). The van der Waals surface area contributed by atoms with Crippen LogP contribution in [-0.2, 0) is 0 Å². The third kappa shape index (κ3) is 4.78. The summed E-state index contributed by atoms with van der Waals surface area (Å²) in [6.07, 6.45) is 1.22. The number of nitrogens with one attached hydrogen (secondary N) is 1. The van der Waals surface area contributed by atoms with Gasteiger partial charge in [-0.3, -0.25) is 0 Å². The van der Waals surface area contributed by atoms with E-state index < -0.39 is 0 Å². The maximum absolute atomic E-state index is 3.59. The molecule has 0 spiro atoms. The molecule has 0 amide bonds. The molecule has 0 aliphatic heterocycles. The average Bonchev–Trinajstić information content (AvgIpc) is 2.74. The second kappa shape index (κ2) is 7.14. The van der Waals surface area contributed by atoms with Crippen molar-refractivity contribution in [2.45, 2.75) is 46.2 Å². The van der Waals surface area contributed by atoms with Crippen molar-refractivity contribution in [3.8, 4) is 0 Å². The van der Waals surface area contributed by atoms with Gasteiger partial charge in [-0.05, 0) is 46.4 Å². The first-order chi connectivity index (χ1) is 8.04. The summed E-state index contributed by atoms with van der Waals surface area (Å²) < 4.78 is 0. The molecule has 0 fully saturated rings. The summed E-state index contributed by atoms with van der Waals surface area (Å²) in [5, 5.41) is 3.59. The van der Waals surface area contributed by atoms with Crippen LogP contribution in [0, 0.1) is 6.92 Å². The smallest absolute Gasteiger partial charge is 0.0386 e. The number of rotatable bonds is 7. The Kier molecular flexibility index (Phi) is 6.17. The van der Waals surface area contributed by atoms with Crippen molar-refractivity contribution in [3.05, 3.63) is 21.9 Å². The van der Waals surface area contributed by atoms with E-state index in [1.165, 1.54) is 16.2 Å². The van der Waals surface area contributed by atoms with Crippen LogP contribution < -0.4 is 5.32 Å². The van der Waals surface area contributed by atoms with Crippen LogP contribution in [0.4, 0.5) is 0 Å². The van der Waals surface area contributed by atoms with Gasteiger partial charge in [-0.2, -0.15) is 0 Å². The van der Waals surface area contributed by atoms with Gasteiger partial charge in [0.25, 0.3) is 0 Å². The molecule has 0 aliphatic rings. The van der Waals surface area contributed by atoms with Crippen molar-refractivity contribution in [3.63, 3.8) is 0 Å². The molecule has 98 valence electrons. The zero-order valence-electron chi connectivity index (χ0n) is 11.8. The predicted octanol–water partition coefficient (Wildman–Crippen LogP) is 3.44. The van der Waals surface area contributed by atoms with Crippen molar-refractivity contribution in [2.24, 2.45) is 0 Å². The van der Waals surface area contributed by atoms with E-state index in [1.807, 2.05) is 11.3 Å². The Morgan fingerprint density at radius 3 is 2.59 bits per heavy atom. The van der Waals surface area contributed by atoms with Crippen molar-refractivity contribution in [1.29, 1.82) is 0 Å². The highest BCUT2D eigenvalue weighted by molar-refractivity contribution is 7.12. The quantitative estimate of drug-likeness (QED) is 0.802. The molecule has 0 aromatic carbocycles. The van der Waals surface area contributed by atoms with E-state index in [9.17, 15) is 0 Å². The van der Waals surface area contributed by atoms with Crippen LogP contribution >= 0.6 is 11.3 Å². The summed E-state index contributed by atoms with van der Waals surface area (Å²) in [7, 11) is 2.20. The largest absolute Gasteiger partial charge is 0.308 e. The monoisotopic (exact) mass is 254 g/mol. The van der Waals surface area contributed by atoms with Gasteiger partial charge in [0, 0.05) is 34.9 Å². The first kappa shape index (κ1) is 14.7. The Balaban J connectivity index is 2.27. The van der Waals surface area contributed by atoms with E-state index in [1.54, 1.807) is 0 Å². The Morgan fingerprint density at radius 1 is 1.35 bits per heavy atom. The number of hydrogen-bond donors (Lipinski definition) is 1. The van der Waals surface area contributed by atoms with Gasteiger partial charge in [0.15, 0.2) is 0 Å². The zero-order chi connectivity index (χ0) is 12.8. The molecule has 0 aliphatic carbocycles. The van der Waals surface area contributed by atoms with Gasteiger partial charge in [0.05, 0.1) is 0 Å². The molecule has 0 bridgehead atoms. The van der Waals surface area contributed by atoms with Crippen LogP contribution in [0.5, 0.6) is 0 Å². The number of nitrogens with zero attached hydrogens (tertiary/aromatic N) is 1. The molecule has 2 atom stereocenters. The molecule has 0 saturated carbocycles. The Bertz CT molecular complexity index is 322. The number of aryl methyl sites for hydroxylation is 1. The lowest BCUT2D eigenvalue weighted by Gasteiger charge is -2.24. The second-order valence-corrected chi connectivity index (χ2v) is 6.18. The first-order valence-corrected chi connectivity index (χ1v) is 7.36. The third-order valence-electron chi connectivity index (χ3n) is 3.45. The summed E-state index contributed by atoms with van der Waals surface area (Å²) in [4.78, 5) is 5.25. The molecular formula is C14H26N2S. The van der Waals surface area contributed by atoms with Crippen LogP contribution in [-0.4, -0.2) is 31.1 Å². The summed E-state index contributed by atoms with van der Waals surface area (Å²) in [5.74, 6) is 0. The molecule has 3 heteroatoms. The topological polar surface area (TPSA) is 15.3 Å². The van der Waals surface area contributed by atoms with Crippen molar-refractivity contribution >= 4 is 11.3 Å². The van der Waals surface area contributed by atoms with Crippen LogP contribution in [0.2, 0.25) is 0 Å². The molecule has 2 unspecified atom stereocenters. The van der Waals surface area contributed by atoms with Crippen LogP contribution in [0.15, 0.2) is 12.1 Å². The summed E-state index contributed by atoms with van der Waals surface area (Å²) in [5.41, 5.74) is 0. The Hall–Kier alpha value is -0.380. The highest BCUT2D eigenvalue weighted by atomic mass is 32.1. The lowest BCUT2D eigenvalue weighted by atomic mass is 10.2. The van der Waals surface area contributed by atoms with Crippen LogP contribution in [0.1, 0.15) is 43.0 Å². The molecule has 1 aromatic rings. The van der Waals surface area contributed by atoms with Crippen molar-refractivity contribution in [2.75, 3.05) is 20.1 Å². The first-order valence-electron chi connectivity index (χ1n) is 6.54. The third-order valence-corrected chi connectivity index (χ3v) is 4.63. The second-order valence-electron chi connectivity index (χ2n) is 4.86. The molecule has 0 saturated heterocycles. The highest BCUT2D eigenvalue weighted by Gasteiger charge is 2.09. The molecule has 2 nitrogen and oxygen atoms in total. The maximum Gasteiger partial charge on any atom is 0.0386 e. The average molecular weight is 254 g/mol. The van der Waals surface area contributed by atoms with E-state index in [0.717, 1.165) is 13.1 Å². The lowest BCUT2D eigenvalue weighted by Crippen LogP contribution is -2.35. The molecule has 17 heavy (non-hydrogen) atoms. The van der Waals surface area contributed by atoms with Crippen LogP contribution in [0.25, 0.3) is 0 Å². The summed E-state index contributed by atoms with van der Waals surface area (Å²) >= 11 is 1.89. The van der Waals surface area contributed by atoms with Gasteiger partial charge in [-0.25, -0.2) is 0 Å². The molecule has 0 radical (unpaired) electrons. The molecule has 1 heterocycles. The van der Waals surface area contributed by atoms with Gasteiger partial charge in [-0.15, -0.1) is 11.3 Å². The predicted molar refractivity (Wildman–Crippen MR) is 77.9 cm³/mol. The molecule has 1 N–H and O–H groups in total. The Labute approximate surface area is 110 Å². The van der Waals surface area contributed by atoms with E-state index in [0.29, 0.717) is 12.1 Å². The minimum Gasteiger partial charge on any atom is -0.308 e. The normalized spacial score (nSPS) is 15.2. The number of likely N-dealkylation sites (N-methyl/N-ethyl adjacent to an activating group) is 1. The van der Waals surface area contributed by atoms with Gasteiger partial charge in [-0.1, -0.05) is 6.92 Å². The molecular weight excluding hydrogens is 228 g/mol. The molecule has 1 aromatic heterocycles. The van der Waals surface area contributed by atoms with E-state index in [-0.39, 0.29) is 0 Å². The highest BCUT2D eigenvalue weighted by Crippen LogP contribution is 2.21. The van der Waals surface area contributed by atoms with E-state index in [4.69, 9.17) is 0 Å². The zero-order valence-corrected chi connectivity index (χ0v) is 12.6. The van der Waals surface area contributed by atoms with Gasteiger partial charge < -0.3 is 10.2 Å². The van der Waals surface area contributed by atoms with E-state index >= 15 is 0 Å². The maximum atomic E-state index is 3.59. The van der Waals surface area contributed by atoms with Gasteiger partial charge in [0.1, 0.15) is 0 Å².